The normalized spacial score (nSPS) is 11.5. The van der Waals surface area contributed by atoms with Crippen molar-refractivity contribution in [3.8, 4) is 0 Å². The number of unbranched alkanes of at least 4 members (excludes halogenated alkanes) is 16. The number of rotatable bonds is 18. The Kier molecular flexibility index (Phi) is 20.0. The smallest absolute Gasteiger partial charge is 0.00773 e. The van der Waals surface area contributed by atoms with Crippen LogP contribution < -0.4 is 11.5 Å². The lowest BCUT2D eigenvalue weighted by Gasteiger charge is -2.03. The number of nitrogens with two attached hydrogens (primary N) is 2. The van der Waals surface area contributed by atoms with E-state index >= 15 is 0 Å². The molecule has 0 aromatic carbocycles. The van der Waals surface area contributed by atoms with E-state index in [0.29, 0.717) is 0 Å². The van der Waals surface area contributed by atoms with Crippen LogP contribution in [0.3, 0.4) is 0 Å². The summed E-state index contributed by atoms with van der Waals surface area (Å²) in [5, 5.41) is 0. The summed E-state index contributed by atoms with van der Waals surface area (Å²) in [6.45, 7) is 0.867. The number of hydrogen-bond donors (Lipinski definition) is 2. The Hall–Kier alpha value is -0.500. The predicted molar refractivity (Wildman–Crippen MR) is 101 cm³/mol. The molecule has 0 aliphatic rings. The van der Waals surface area contributed by atoms with E-state index in [0.717, 1.165) is 13.0 Å². The summed E-state index contributed by atoms with van der Waals surface area (Å²) in [4.78, 5) is 0. The van der Waals surface area contributed by atoms with Crippen molar-refractivity contribution in [1.82, 2.24) is 0 Å². The van der Waals surface area contributed by atoms with Gasteiger partial charge in [0, 0.05) is 0 Å². The first kappa shape index (κ1) is 21.5. The third kappa shape index (κ3) is 19.5. The van der Waals surface area contributed by atoms with E-state index in [4.69, 9.17) is 11.5 Å². The molecular formula is C20H42N2. The predicted octanol–water partition coefficient (Wildman–Crippen LogP) is 6.05. The van der Waals surface area contributed by atoms with Gasteiger partial charge in [0.2, 0.25) is 0 Å². The average molecular weight is 311 g/mol. The molecule has 132 valence electrons. The molecule has 22 heavy (non-hydrogen) atoms. The number of allylic oxidation sites excluding steroid dienone is 1. The van der Waals surface area contributed by atoms with E-state index in [1.807, 2.05) is 0 Å². The van der Waals surface area contributed by atoms with Gasteiger partial charge in [-0.15, -0.1) is 0 Å². The maximum atomic E-state index is 5.49. The summed E-state index contributed by atoms with van der Waals surface area (Å²) in [5.41, 5.74) is 10.8. The fourth-order valence-corrected chi connectivity index (χ4v) is 2.98. The molecule has 0 atom stereocenters. The Balaban J connectivity index is 2.94. The van der Waals surface area contributed by atoms with Crippen molar-refractivity contribution in [2.24, 2.45) is 11.5 Å². The first-order valence-electron chi connectivity index (χ1n) is 9.98. The summed E-state index contributed by atoms with van der Waals surface area (Å²) in [7, 11) is 0. The highest BCUT2D eigenvalue weighted by Crippen LogP contribution is 2.13. The van der Waals surface area contributed by atoms with Gasteiger partial charge in [0.05, 0.1) is 0 Å². The zero-order chi connectivity index (χ0) is 16.1. The molecule has 0 aromatic heterocycles. The van der Waals surface area contributed by atoms with E-state index < -0.39 is 0 Å². The Morgan fingerprint density at radius 2 is 0.773 bits per heavy atom. The summed E-state index contributed by atoms with van der Waals surface area (Å²) < 4.78 is 0. The van der Waals surface area contributed by atoms with Crippen molar-refractivity contribution in [3.63, 3.8) is 0 Å². The second kappa shape index (κ2) is 20.5. The molecule has 0 fully saturated rings. The summed E-state index contributed by atoms with van der Waals surface area (Å²) in [6.07, 6.45) is 27.3. The van der Waals surface area contributed by atoms with E-state index in [9.17, 15) is 0 Å². The van der Waals surface area contributed by atoms with Gasteiger partial charge >= 0.3 is 0 Å². The van der Waals surface area contributed by atoms with Crippen LogP contribution in [0.25, 0.3) is 0 Å². The Bertz CT molecular complexity index is 214. The Morgan fingerprint density at radius 1 is 0.455 bits per heavy atom. The molecule has 0 radical (unpaired) electrons. The minimum absolute atomic E-state index is 0.867. The molecule has 0 heterocycles. The van der Waals surface area contributed by atoms with Crippen LogP contribution in [0.4, 0.5) is 0 Å². The quantitative estimate of drug-likeness (QED) is 0.303. The lowest BCUT2D eigenvalue weighted by atomic mass is 10.0. The van der Waals surface area contributed by atoms with Gasteiger partial charge in [-0.2, -0.15) is 0 Å². The molecule has 0 spiro atoms. The van der Waals surface area contributed by atoms with Gasteiger partial charge in [-0.3, -0.25) is 0 Å². The highest BCUT2D eigenvalue weighted by molar-refractivity contribution is 4.74. The van der Waals surface area contributed by atoms with Gasteiger partial charge in [0.1, 0.15) is 0 Å². The molecule has 2 nitrogen and oxygen atoms in total. The van der Waals surface area contributed by atoms with Gasteiger partial charge in [-0.1, -0.05) is 96.0 Å². The first-order chi connectivity index (χ1) is 10.9. The summed E-state index contributed by atoms with van der Waals surface area (Å²) in [6, 6.07) is 0. The van der Waals surface area contributed by atoms with E-state index in [1.165, 1.54) is 103 Å². The van der Waals surface area contributed by atoms with Gasteiger partial charge in [0.15, 0.2) is 0 Å². The van der Waals surface area contributed by atoms with Gasteiger partial charge in [-0.25, -0.2) is 0 Å². The number of hydrogen-bond acceptors (Lipinski definition) is 2. The van der Waals surface area contributed by atoms with Gasteiger partial charge in [-0.05, 0) is 32.0 Å². The molecule has 2 heteroatoms. The lowest BCUT2D eigenvalue weighted by Crippen LogP contribution is -1.97. The van der Waals surface area contributed by atoms with Crippen LogP contribution in [-0.4, -0.2) is 6.54 Å². The zero-order valence-corrected chi connectivity index (χ0v) is 15.0. The molecule has 0 aromatic rings. The Morgan fingerprint density at radius 3 is 1.09 bits per heavy atom. The van der Waals surface area contributed by atoms with Crippen molar-refractivity contribution in [2.45, 2.75) is 109 Å². The van der Waals surface area contributed by atoms with Crippen LogP contribution in [0.15, 0.2) is 12.3 Å². The van der Waals surface area contributed by atoms with E-state index in [2.05, 4.69) is 6.08 Å². The Labute approximate surface area is 140 Å². The van der Waals surface area contributed by atoms with Crippen LogP contribution in [0.1, 0.15) is 109 Å². The highest BCUT2D eigenvalue weighted by Gasteiger charge is 1.94. The minimum Gasteiger partial charge on any atom is -0.405 e. The zero-order valence-electron chi connectivity index (χ0n) is 15.0. The second-order valence-corrected chi connectivity index (χ2v) is 6.66. The highest BCUT2D eigenvalue weighted by atomic mass is 14.5. The molecule has 0 rings (SSSR count). The summed E-state index contributed by atoms with van der Waals surface area (Å²) in [5.74, 6) is 0. The van der Waals surface area contributed by atoms with Gasteiger partial charge < -0.3 is 11.5 Å². The molecule has 0 bridgehead atoms. The van der Waals surface area contributed by atoms with Crippen LogP contribution in [0, 0.1) is 0 Å². The van der Waals surface area contributed by atoms with E-state index in [-0.39, 0.29) is 0 Å². The minimum atomic E-state index is 0.867. The van der Waals surface area contributed by atoms with Crippen molar-refractivity contribution in [3.05, 3.63) is 12.3 Å². The molecule has 0 aliphatic heterocycles. The van der Waals surface area contributed by atoms with Crippen molar-refractivity contribution < 1.29 is 0 Å². The van der Waals surface area contributed by atoms with Crippen LogP contribution in [0.2, 0.25) is 0 Å². The van der Waals surface area contributed by atoms with Crippen LogP contribution in [0.5, 0.6) is 0 Å². The molecule has 4 N–H and O–H groups in total. The largest absolute Gasteiger partial charge is 0.405 e. The molecule has 0 amide bonds. The third-order valence-electron chi connectivity index (χ3n) is 4.46. The van der Waals surface area contributed by atoms with Gasteiger partial charge in [0.25, 0.3) is 0 Å². The average Bonchev–Trinajstić information content (AvgIpc) is 2.54. The molecule has 0 saturated heterocycles. The van der Waals surface area contributed by atoms with Crippen LogP contribution in [-0.2, 0) is 0 Å². The standard InChI is InChI=1S/C20H42N2/c21-19-17-15-13-11-9-7-5-3-1-2-4-6-8-10-12-14-16-18-20-22/h17,19H,1-16,18,20-22H2. The second-order valence-electron chi connectivity index (χ2n) is 6.66. The SMILES string of the molecule is NC=CCCCCCCCCCCCCCCCCCCN. The van der Waals surface area contributed by atoms with E-state index in [1.54, 1.807) is 6.20 Å². The fourth-order valence-electron chi connectivity index (χ4n) is 2.98. The van der Waals surface area contributed by atoms with Crippen LogP contribution >= 0.6 is 0 Å². The fraction of sp³-hybridized carbons (Fsp3) is 0.900. The van der Waals surface area contributed by atoms with Crippen molar-refractivity contribution in [1.29, 1.82) is 0 Å². The maximum absolute atomic E-state index is 5.49. The summed E-state index contributed by atoms with van der Waals surface area (Å²) >= 11 is 0. The third-order valence-corrected chi connectivity index (χ3v) is 4.46. The molecule has 0 unspecified atom stereocenters. The first-order valence-corrected chi connectivity index (χ1v) is 9.98. The van der Waals surface area contributed by atoms with Crippen molar-refractivity contribution in [2.75, 3.05) is 6.54 Å². The molecule has 0 saturated carbocycles. The topological polar surface area (TPSA) is 52.0 Å². The maximum Gasteiger partial charge on any atom is -0.00773 e. The van der Waals surface area contributed by atoms with Crippen molar-refractivity contribution >= 4 is 0 Å². The monoisotopic (exact) mass is 310 g/mol. The lowest BCUT2D eigenvalue weighted by molar-refractivity contribution is 0.529. The molecular weight excluding hydrogens is 268 g/mol. The molecule has 0 aliphatic carbocycles.